The Labute approximate surface area is 91.5 Å². The second kappa shape index (κ2) is 6.38. The smallest absolute Gasteiger partial charge is 0.330 e. The van der Waals surface area contributed by atoms with Crippen LogP contribution in [-0.4, -0.2) is 43.4 Å². The third-order valence-corrected chi connectivity index (χ3v) is 1.55. The van der Waals surface area contributed by atoms with Crippen LogP contribution in [0, 0.1) is 0 Å². The lowest BCUT2D eigenvalue weighted by Gasteiger charge is -2.15. The average molecular weight is 231 g/mol. The standard InChI is InChI=1S/C8H13N3O5/c1-4(12)11-5(8(15)16-2)3-10-7(14)6(9)13/h5H,3H2,1-2H3,(H2,9,13)(H,10,14)(H,11,12). The maximum atomic E-state index is 11.1. The number of rotatable bonds is 4. The van der Waals surface area contributed by atoms with Crippen LogP contribution >= 0.6 is 0 Å². The molecule has 0 saturated heterocycles. The van der Waals surface area contributed by atoms with Crippen molar-refractivity contribution in [1.29, 1.82) is 0 Å². The van der Waals surface area contributed by atoms with E-state index in [0.717, 1.165) is 7.11 Å². The van der Waals surface area contributed by atoms with Crippen LogP contribution in [-0.2, 0) is 23.9 Å². The molecule has 0 aromatic carbocycles. The predicted molar refractivity (Wildman–Crippen MR) is 51.8 cm³/mol. The van der Waals surface area contributed by atoms with E-state index in [4.69, 9.17) is 0 Å². The predicted octanol–water partition coefficient (Wildman–Crippen LogP) is -2.73. The van der Waals surface area contributed by atoms with Gasteiger partial charge in [0.2, 0.25) is 5.91 Å². The quantitative estimate of drug-likeness (QED) is 0.357. The van der Waals surface area contributed by atoms with Gasteiger partial charge < -0.3 is 21.1 Å². The van der Waals surface area contributed by atoms with Crippen molar-refractivity contribution >= 4 is 23.7 Å². The van der Waals surface area contributed by atoms with Crippen molar-refractivity contribution in [1.82, 2.24) is 10.6 Å². The summed E-state index contributed by atoms with van der Waals surface area (Å²) in [5.74, 6) is -3.42. The van der Waals surface area contributed by atoms with Crippen molar-refractivity contribution < 1.29 is 23.9 Å². The lowest BCUT2D eigenvalue weighted by Crippen LogP contribution is -2.50. The average Bonchev–Trinajstić information content (AvgIpc) is 2.21. The summed E-state index contributed by atoms with van der Waals surface area (Å²) < 4.78 is 4.38. The monoisotopic (exact) mass is 231 g/mol. The van der Waals surface area contributed by atoms with E-state index >= 15 is 0 Å². The van der Waals surface area contributed by atoms with E-state index in [0.29, 0.717) is 0 Å². The van der Waals surface area contributed by atoms with E-state index in [1.54, 1.807) is 0 Å². The van der Waals surface area contributed by atoms with E-state index in [1.165, 1.54) is 6.92 Å². The summed E-state index contributed by atoms with van der Waals surface area (Å²) in [5.41, 5.74) is 4.68. The van der Waals surface area contributed by atoms with E-state index in [1.807, 2.05) is 0 Å². The number of primary amides is 1. The molecule has 0 aliphatic carbocycles. The number of methoxy groups -OCH3 is 1. The molecule has 90 valence electrons. The normalized spacial score (nSPS) is 11.1. The summed E-state index contributed by atoms with van der Waals surface area (Å²) in [7, 11) is 1.13. The topological polar surface area (TPSA) is 128 Å². The first-order chi connectivity index (χ1) is 7.38. The van der Waals surface area contributed by atoms with Gasteiger partial charge in [0, 0.05) is 13.5 Å². The molecule has 0 aromatic heterocycles. The van der Waals surface area contributed by atoms with Crippen LogP contribution in [0.5, 0.6) is 0 Å². The van der Waals surface area contributed by atoms with Crippen LogP contribution in [0.3, 0.4) is 0 Å². The van der Waals surface area contributed by atoms with Crippen molar-refractivity contribution in [3.8, 4) is 0 Å². The van der Waals surface area contributed by atoms with Crippen molar-refractivity contribution in [3.63, 3.8) is 0 Å². The number of hydrogen-bond donors (Lipinski definition) is 3. The number of ether oxygens (including phenoxy) is 1. The zero-order valence-electron chi connectivity index (χ0n) is 8.90. The Bertz CT molecular complexity index is 315. The number of nitrogens with two attached hydrogens (primary N) is 1. The number of nitrogens with one attached hydrogen (secondary N) is 2. The van der Waals surface area contributed by atoms with Crippen molar-refractivity contribution in [2.24, 2.45) is 5.73 Å². The molecule has 0 rings (SSSR count). The van der Waals surface area contributed by atoms with Gasteiger partial charge in [-0.2, -0.15) is 0 Å². The Morgan fingerprint density at radius 1 is 1.31 bits per heavy atom. The first-order valence-electron chi connectivity index (χ1n) is 4.31. The second-order valence-corrected chi connectivity index (χ2v) is 2.85. The molecule has 0 aliphatic rings. The maximum Gasteiger partial charge on any atom is 0.330 e. The number of carbonyl (C=O) groups excluding carboxylic acids is 4. The van der Waals surface area contributed by atoms with Crippen LogP contribution in [0.15, 0.2) is 0 Å². The zero-order chi connectivity index (χ0) is 12.7. The molecular weight excluding hydrogens is 218 g/mol. The minimum Gasteiger partial charge on any atom is -0.467 e. The Kier molecular flexibility index (Phi) is 5.53. The van der Waals surface area contributed by atoms with E-state index in [9.17, 15) is 19.2 Å². The number of carbonyl (C=O) groups is 4. The Morgan fingerprint density at radius 3 is 2.25 bits per heavy atom. The first kappa shape index (κ1) is 13.9. The van der Waals surface area contributed by atoms with Crippen molar-refractivity contribution in [2.75, 3.05) is 13.7 Å². The molecule has 0 heterocycles. The lowest BCUT2D eigenvalue weighted by atomic mass is 10.3. The number of amides is 3. The van der Waals surface area contributed by atoms with Gasteiger partial charge in [-0.1, -0.05) is 0 Å². The molecular formula is C8H13N3O5. The van der Waals surface area contributed by atoms with Gasteiger partial charge in [-0.3, -0.25) is 14.4 Å². The van der Waals surface area contributed by atoms with Gasteiger partial charge >= 0.3 is 17.8 Å². The van der Waals surface area contributed by atoms with Crippen LogP contribution in [0.1, 0.15) is 6.92 Å². The Balaban J connectivity index is 4.32. The van der Waals surface area contributed by atoms with Gasteiger partial charge in [-0.05, 0) is 0 Å². The highest BCUT2D eigenvalue weighted by Crippen LogP contribution is 1.87. The first-order valence-corrected chi connectivity index (χ1v) is 4.31. The molecule has 3 amide bonds. The minimum absolute atomic E-state index is 0.270. The summed E-state index contributed by atoms with van der Waals surface area (Å²) in [6, 6.07) is -1.05. The highest BCUT2D eigenvalue weighted by molar-refractivity contribution is 6.34. The molecule has 0 radical (unpaired) electrons. The Hall–Kier alpha value is -2.12. The molecule has 1 unspecified atom stereocenters. The van der Waals surface area contributed by atoms with E-state index in [-0.39, 0.29) is 6.54 Å². The molecule has 4 N–H and O–H groups in total. The summed E-state index contributed by atoms with van der Waals surface area (Å²) >= 11 is 0. The molecule has 8 nitrogen and oxygen atoms in total. The van der Waals surface area contributed by atoms with Gasteiger partial charge in [-0.15, -0.1) is 0 Å². The third kappa shape index (κ3) is 4.94. The summed E-state index contributed by atoms with van der Waals surface area (Å²) in [4.78, 5) is 43.0. The molecule has 0 fully saturated rings. The Morgan fingerprint density at radius 2 is 1.88 bits per heavy atom. The van der Waals surface area contributed by atoms with Crippen LogP contribution in [0.25, 0.3) is 0 Å². The molecule has 0 bridgehead atoms. The van der Waals surface area contributed by atoms with Gasteiger partial charge in [0.1, 0.15) is 6.04 Å². The highest BCUT2D eigenvalue weighted by atomic mass is 16.5. The maximum absolute atomic E-state index is 11.1. The fourth-order valence-corrected chi connectivity index (χ4v) is 0.863. The molecule has 0 saturated carbocycles. The minimum atomic E-state index is -1.17. The van der Waals surface area contributed by atoms with Crippen LogP contribution in [0.2, 0.25) is 0 Å². The summed E-state index contributed by atoms with van der Waals surface area (Å²) in [5, 5.41) is 4.32. The fraction of sp³-hybridized carbons (Fsp3) is 0.500. The SMILES string of the molecule is COC(=O)C(CNC(=O)C(N)=O)NC(C)=O. The summed E-state index contributed by atoms with van der Waals surface area (Å²) in [6.45, 7) is 0.930. The molecule has 0 aliphatic heterocycles. The second-order valence-electron chi connectivity index (χ2n) is 2.85. The van der Waals surface area contributed by atoms with E-state index < -0.39 is 29.7 Å². The highest BCUT2D eigenvalue weighted by Gasteiger charge is 2.21. The molecule has 1 atom stereocenters. The van der Waals surface area contributed by atoms with Crippen molar-refractivity contribution in [2.45, 2.75) is 13.0 Å². The number of hydrogen-bond acceptors (Lipinski definition) is 5. The number of esters is 1. The lowest BCUT2D eigenvalue weighted by molar-refractivity contribution is -0.145. The molecule has 16 heavy (non-hydrogen) atoms. The molecule has 0 spiro atoms. The van der Waals surface area contributed by atoms with Gasteiger partial charge in [0.25, 0.3) is 0 Å². The third-order valence-electron chi connectivity index (χ3n) is 1.55. The van der Waals surface area contributed by atoms with Crippen LogP contribution in [0.4, 0.5) is 0 Å². The molecule has 8 heteroatoms. The zero-order valence-corrected chi connectivity index (χ0v) is 8.90. The largest absolute Gasteiger partial charge is 0.467 e. The van der Waals surface area contributed by atoms with Gasteiger partial charge in [-0.25, -0.2) is 4.79 Å². The summed E-state index contributed by atoms with van der Waals surface area (Å²) in [6.07, 6.45) is 0. The van der Waals surface area contributed by atoms with Crippen molar-refractivity contribution in [3.05, 3.63) is 0 Å². The van der Waals surface area contributed by atoms with E-state index in [2.05, 4.69) is 21.1 Å². The molecule has 0 aromatic rings. The fourth-order valence-electron chi connectivity index (χ4n) is 0.863. The van der Waals surface area contributed by atoms with Crippen LogP contribution < -0.4 is 16.4 Å². The van der Waals surface area contributed by atoms with Gasteiger partial charge in [0.15, 0.2) is 0 Å². The van der Waals surface area contributed by atoms with Gasteiger partial charge in [0.05, 0.1) is 7.11 Å².